The molecule has 0 radical (unpaired) electrons. The first-order valence-corrected chi connectivity index (χ1v) is 6.16. The van der Waals surface area contributed by atoms with E-state index in [4.69, 9.17) is 25.8 Å². The zero-order valence-corrected chi connectivity index (χ0v) is 11.9. The number of aromatic nitrogens is 1. The number of nitrogens with two attached hydrogens (primary N) is 1. The molecule has 6 N–H and O–H groups in total. The molecule has 0 unspecified atom stereocenters. The number of carboxylic acids is 3. The number of carbonyl (C=O) groups is 3. The van der Waals surface area contributed by atoms with Gasteiger partial charge in [-0.3, -0.25) is 14.4 Å². The van der Waals surface area contributed by atoms with E-state index in [2.05, 4.69) is 23.2 Å². The molecule has 1 aromatic heterocycles. The summed E-state index contributed by atoms with van der Waals surface area (Å²) < 4.78 is 0. The molecule has 120 valence electrons. The molecule has 0 spiro atoms. The van der Waals surface area contributed by atoms with Crippen molar-refractivity contribution in [3.63, 3.8) is 0 Å². The summed E-state index contributed by atoms with van der Waals surface area (Å²) in [5, 5.41) is 24.7. The van der Waals surface area contributed by atoms with E-state index < -0.39 is 30.4 Å². The van der Waals surface area contributed by atoms with Gasteiger partial charge in [0, 0.05) is 18.6 Å². The molecule has 8 nitrogen and oxygen atoms in total. The maximum atomic E-state index is 9.85. The minimum Gasteiger partial charge on any atom is -0.481 e. The van der Waals surface area contributed by atoms with Crippen LogP contribution < -0.4 is 5.73 Å². The number of para-hydroxylation sites is 1. The first kappa shape index (κ1) is 19.1. The Morgan fingerprint density at radius 2 is 1.68 bits per heavy atom. The van der Waals surface area contributed by atoms with Crippen molar-refractivity contribution in [3.05, 3.63) is 36.5 Å². The van der Waals surface area contributed by atoms with Gasteiger partial charge in [0.15, 0.2) is 0 Å². The van der Waals surface area contributed by atoms with Crippen LogP contribution in [0.15, 0.2) is 36.5 Å². The zero-order valence-electron chi connectivity index (χ0n) is 11.9. The van der Waals surface area contributed by atoms with Gasteiger partial charge in [0.25, 0.3) is 5.97 Å². The van der Waals surface area contributed by atoms with E-state index in [1.165, 1.54) is 10.9 Å². The molecule has 0 fully saturated rings. The number of aliphatic carboxylic acids is 3. The van der Waals surface area contributed by atoms with Gasteiger partial charge in [0.1, 0.15) is 6.04 Å². The van der Waals surface area contributed by atoms with Crippen LogP contribution in [0.2, 0.25) is 0 Å². The predicted molar refractivity (Wildman–Crippen MR) is 79.5 cm³/mol. The number of hydrogen-bond acceptors (Lipinski definition) is 4. The van der Waals surface area contributed by atoms with Gasteiger partial charge in [-0.25, -0.2) is 0 Å². The summed E-state index contributed by atoms with van der Waals surface area (Å²) >= 11 is 0. The molecule has 0 aliphatic rings. The number of rotatable bonds is 3. The maximum absolute atomic E-state index is 9.85. The minimum atomic E-state index is -1.29. The lowest BCUT2D eigenvalue weighted by atomic mass is 10.2. The number of nitrogens with one attached hydrogen (secondary N) is 1. The third-order valence-electron chi connectivity index (χ3n) is 2.17. The molecule has 2 aromatic rings. The SMILES string of the molecule is CC(=O)O.N[C@@H](CC(=O)O)C(=O)O.c1ccc2[nH]ccc2c1. The topological polar surface area (TPSA) is 154 Å². The van der Waals surface area contributed by atoms with Crippen molar-refractivity contribution < 1.29 is 29.7 Å². The van der Waals surface area contributed by atoms with Crippen LogP contribution in [-0.4, -0.2) is 44.3 Å². The zero-order chi connectivity index (χ0) is 17.1. The maximum Gasteiger partial charge on any atom is 0.321 e. The van der Waals surface area contributed by atoms with E-state index in [1.54, 1.807) is 0 Å². The molecule has 1 atom stereocenters. The number of H-pyrrole nitrogens is 1. The molecule has 0 bridgehead atoms. The van der Waals surface area contributed by atoms with Crippen LogP contribution in [0, 0.1) is 0 Å². The number of fused-ring (bicyclic) bond motifs is 1. The van der Waals surface area contributed by atoms with Gasteiger partial charge in [0.2, 0.25) is 0 Å². The molecule has 0 aliphatic carbocycles. The second-order valence-electron chi connectivity index (χ2n) is 4.13. The van der Waals surface area contributed by atoms with Gasteiger partial charge in [-0.1, -0.05) is 18.2 Å². The summed E-state index contributed by atoms with van der Waals surface area (Å²) in [6.07, 6.45) is 1.42. The number of hydrogen-bond donors (Lipinski definition) is 5. The predicted octanol–water partition coefficient (Wildman–Crippen LogP) is 1.13. The highest BCUT2D eigenvalue weighted by Gasteiger charge is 2.14. The van der Waals surface area contributed by atoms with Gasteiger partial charge >= 0.3 is 11.9 Å². The highest BCUT2D eigenvalue weighted by atomic mass is 16.4. The average Bonchev–Trinajstić information content (AvgIpc) is 2.86. The van der Waals surface area contributed by atoms with Crippen molar-refractivity contribution in [1.29, 1.82) is 0 Å². The molecule has 0 saturated heterocycles. The summed E-state index contributed by atoms with van der Waals surface area (Å²) in [7, 11) is 0. The average molecular weight is 310 g/mol. The van der Waals surface area contributed by atoms with Crippen molar-refractivity contribution >= 4 is 28.8 Å². The number of carboxylic acid groups (broad SMARTS) is 3. The second-order valence-corrected chi connectivity index (χ2v) is 4.13. The van der Waals surface area contributed by atoms with E-state index >= 15 is 0 Å². The fourth-order valence-electron chi connectivity index (χ4n) is 1.27. The molecule has 0 saturated carbocycles. The van der Waals surface area contributed by atoms with Crippen LogP contribution in [0.5, 0.6) is 0 Å². The van der Waals surface area contributed by atoms with E-state index in [9.17, 15) is 9.59 Å². The number of benzene rings is 1. The Kier molecular flexibility index (Phi) is 8.65. The van der Waals surface area contributed by atoms with E-state index in [1.807, 2.05) is 18.3 Å². The largest absolute Gasteiger partial charge is 0.481 e. The summed E-state index contributed by atoms with van der Waals surface area (Å²) in [6, 6.07) is 8.99. The van der Waals surface area contributed by atoms with Gasteiger partial charge in [-0.15, -0.1) is 0 Å². The minimum absolute atomic E-state index is 0.532. The van der Waals surface area contributed by atoms with Crippen molar-refractivity contribution in [2.75, 3.05) is 0 Å². The van der Waals surface area contributed by atoms with Gasteiger partial charge < -0.3 is 26.0 Å². The Balaban J connectivity index is 0.000000326. The Morgan fingerprint density at radius 1 is 1.14 bits per heavy atom. The van der Waals surface area contributed by atoms with Crippen molar-refractivity contribution in [1.82, 2.24) is 4.98 Å². The smallest absolute Gasteiger partial charge is 0.321 e. The fourth-order valence-corrected chi connectivity index (χ4v) is 1.27. The quantitative estimate of drug-likeness (QED) is 0.569. The summed E-state index contributed by atoms with van der Waals surface area (Å²) in [5.41, 5.74) is 6.04. The standard InChI is InChI=1S/C8H7N.C4H7NO4.C2H4O2/c1-2-4-8-7(3-1)5-6-9-8;5-2(4(8)9)1-3(6)7;1-2(3)4/h1-6,9H;2H,1,5H2,(H,6,7)(H,8,9);1H3,(H,3,4)/t;2-;/m.0./s1. The van der Waals surface area contributed by atoms with Crippen LogP contribution in [-0.2, 0) is 14.4 Å². The molecule has 22 heavy (non-hydrogen) atoms. The summed E-state index contributed by atoms with van der Waals surface area (Å²) in [5.74, 6) is -3.33. The lowest BCUT2D eigenvalue weighted by Gasteiger charge is -1.99. The van der Waals surface area contributed by atoms with Crippen LogP contribution in [0.3, 0.4) is 0 Å². The molecule has 1 aromatic carbocycles. The molecular weight excluding hydrogens is 292 g/mol. The van der Waals surface area contributed by atoms with Gasteiger partial charge in [-0.2, -0.15) is 0 Å². The third kappa shape index (κ3) is 9.10. The number of aromatic amines is 1. The van der Waals surface area contributed by atoms with Crippen LogP contribution in [0.4, 0.5) is 0 Å². The molecular formula is C14H18N2O6. The summed E-state index contributed by atoms with van der Waals surface area (Å²) in [6.45, 7) is 1.08. The molecule has 2 rings (SSSR count). The van der Waals surface area contributed by atoms with Crippen molar-refractivity contribution in [2.45, 2.75) is 19.4 Å². The molecule has 0 amide bonds. The highest BCUT2D eigenvalue weighted by molar-refractivity contribution is 5.80. The Hall–Kier alpha value is -2.87. The Labute approximate surface area is 126 Å². The van der Waals surface area contributed by atoms with Gasteiger partial charge in [0.05, 0.1) is 6.42 Å². The Bertz CT molecular complexity index is 588. The fraction of sp³-hybridized carbons (Fsp3) is 0.214. The molecule has 1 heterocycles. The first-order chi connectivity index (χ1) is 10.2. The lowest BCUT2D eigenvalue weighted by molar-refractivity contribution is -0.144. The van der Waals surface area contributed by atoms with Crippen LogP contribution in [0.25, 0.3) is 10.9 Å². The second kappa shape index (κ2) is 9.94. The Morgan fingerprint density at radius 3 is 2.09 bits per heavy atom. The van der Waals surface area contributed by atoms with E-state index in [0.29, 0.717) is 0 Å². The van der Waals surface area contributed by atoms with E-state index in [0.717, 1.165) is 6.92 Å². The third-order valence-corrected chi connectivity index (χ3v) is 2.17. The first-order valence-electron chi connectivity index (χ1n) is 6.16. The molecule has 8 heteroatoms. The summed E-state index contributed by atoms with van der Waals surface area (Å²) in [4.78, 5) is 31.7. The molecule has 0 aliphatic heterocycles. The lowest BCUT2D eigenvalue weighted by Crippen LogP contribution is -2.32. The van der Waals surface area contributed by atoms with Crippen LogP contribution in [0.1, 0.15) is 13.3 Å². The van der Waals surface area contributed by atoms with Crippen molar-refractivity contribution in [2.24, 2.45) is 5.73 Å². The highest BCUT2D eigenvalue weighted by Crippen LogP contribution is 2.09. The van der Waals surface area contributed by atoms with E-state index in [-0.39, 0.29) is 0 Å². The van der Waals surface area contributed by atoms with Gasteiger partial charge in [-0.05, 0) is 17.5 Å². The monoisotopic (exact) mass is 310 g/mol. The van der Waals surface area contributed by atoms with Crippen molar-refractivity contribution in [3.8, 4) is 0 Å². The normalized spacial score (nSPS) is 10.5. The van der Waals surface area contributed by atoms with Crippen LogP contribution >= 0.6 is 0 Å².